The van der Waals surface area contributed by atoms with Gasteiger partial charge in [0, 0.05) is 18.3 Å². The number of furan rings is 2. The van der Waals surface area contributed by atoms with Gasteiger partial charge in [-0.3, -0.25) is 4.98 Å². The Morgan fingerprint density at radius 1 is 0.788 bits per heavy atom. The van der Waals surface area contributed by atoms with Crippen LogP contribution in [0.25, 0.3) is 34.4 Å². The number of hydrogen-bond donors (Lipinski definition) is 0. The number of halogens is 2. The van der Waals surface area contributed by atoms with Crippen molar-refractivity contribution in [1.29, 1.82) is 0 Å². The molecule has 4 rings (SSSR count). The van der Waals surface area contributed by atoms with E-state index in [4.69, 9.17) is 8.83 Å². The maximum atomic E-state index is 11.2. The summed E-state index contributed by atoms with van der Waals surface area (Å²) in [4.78, 5) is 7.02. The van der Waals surface area contributed by atoms with Crippen molar-refractivity contribution in [2.24, 2.45) is 0 Å². The van der Waals surface area contributed by atoms with Crippen LogP contribution in [0.2, 0.25) is 0 Å². The molecule has 0 unspecified atom stereocenters. The molecule has 0 atom stereocenters. The topological polar surface area (TPSA) is 192 Å². The molecule has 4 heterocycles. The van der Waals surface area contributed by atoms with E-state index in [1.807, 2.05) is 0 Å². The van der Waals surface area contributed by atoms with E-state index in [1.54, 1.807) is 18.2 Å². The van der Waals surface area contributed by atoms with Gasteiger partial charge in [0.05, 0.1) is 9.79 Å². The third-order valence-corrected chi connectivity index (χ3v) is 5.36. The van der Waals surface area contributed by atoms with Crippen LogP contribution >= 0.6 is 0 Å². The van der Waals surface area contributed by atoms with Gasteiger partial charge < -0.3 is 42.8 Å². The van der Waals surface area contributed by atoms with E-state index >= 15 is 0 Å². The maximum absolute atomic E-state index is 11.2. The summed E-state index contributed by atoms with van der Waals surface area (Å²) in [5.41, 5.74) is 0.0434. The zero-order valence-electron chi connectivity index (χ0n) is 15.6. The molecule has 17 heteroatoms. The summed E-state index contributed by atoms with van der Waals surface area (Å²) in [6.45, 7) is 0. The van der Waals surface area contributed by atoms with Gasteiger partial charge in [-0.1, -0.05) is 6.07 Å². The van der Waals surface area contributed by atoms with E-state index in [1.165, 1.54) is 6.20 Å². The summed E-state index contributed by atoms with van der Waals surface area (Å²) >= 11 is 0. The summed E-state index contributed by atoms with van der Waals surface area (Å²) in [6.07, 6.45) is 2.92. The third-order valence-electron chi connectivity index (χ3n) is 3.78. The summed E-state index contributed by atoms with van der Waals surface area (Å²) < 4.78 is 77.5. The van der Waals surface area contributed by atoms with Crippen LogP contribution in [0.3, 0.4) is 0 Å². The largest absolute Gasteiger partial charge is 2.00 e. The van der Waals surface area contributed by atoms with Crippen LogP contribution in [0.15, 0.2) is 67.7 Å². The first kappa shape index (κ1) is 28.8. The summed E-state index contributed by atoms with van der Waals surface area (Å²) in [5.74, 6) is -0.357. The molecule has 0 saturated heterocycles. The van der Waals surface area contributed by atoms with Gasteiger partial charge in [0.2, 0.25) is 5.82 Å². The van der Waals surface area contributed by atoms with E-state index in [-0.39, 0.29) is 74.6 Å². The predicted octanol–water partition coefficient (Wildman–Crippen LogP) is -4.73. The molecule has 178 valence electrons. The van der Waals surface area contributed by atoms with Crippen molar-refractivity contribution in [3.8, 4) is 34.4 Å². The van der Waals surface area contributed by atoms with Crippen LogP contribution in [0, 0.1) is 0 Å². The minimum Gasteiger partial charge on any atom is -1.00 e. The molecule has 0 aliphatic heterocycles. The molecule has 4 aromatic rings. The molecule has 0 radical (unpaired) electrons. The average Bonchev–Trinajstić information content (AvgIpc) is 3.37. The zero-order chi connectivity index (χ0) is 21.5. The maximum Gasteiger partial charge on any atom is 2.00 e. The monoisotopic (exact) mass is 713 g/mol. The van der Waals surface area contributed by atoms with Crippen LogP contribution in [-0.2, 0) is 41.3 Å². The number of hydrogen-bond acceptors (Lipinski definition) is 12. The SMILES string of the molecule is O=S(=O)([O-])c1coc(-c2nnc(-c3ccccn3)nc2-c2cc(S(=O)(=O)[O-])co2)c1.[Cl-].[Cl-].[Pt+2]. The van der Waals surface area contributed by atoms with E-state index in [9.17, 15) is 25.9 Å². The van der Waals surface area contributed by atoms with Gasteiger partial charge >= 0.3 is 21.1 Å². The average molecular weight is 714 g/mol. The van der Waals surface area contributed by atoms with Gasteiger partial charge in [-0.15, -0.1) is 10.2 Å². The Morgan fingerprint density at radius 2 is 1.33 bits per heavy atom. The van der Waals surface area contributed by atoms with E-state index in [0.29, 0.717) is 12.0 Å². The molecule has 0 fully saturated rings. The first-order chi connectivity index (χ1) is 14.1. The molecule has 12 nitrogen and oxygen atoms in total. The second kappa shape index (κ2) is 10.8. The van der Waals surface area contributed by atoms with Gasteiger partial charge in [0.1, 0.15) is 44.2 Å². The molecular weight excluding hydrogens is 706 g/mol. The second-order valence-electron chi connectivity index (χ2n) is 5.75. The molecule has 4 aromatic heterocycles. The van der Waals surface area contributed by atoms with Crippen molar-refractivity contribution in [2.75, 3.05) is 0 Å². The molecule has 0 N–H and O–H groups in total. The first-order valence-electron chi connectivity index (χ1n) is 7.88. The molecule has 0 aliphatic rings. The Labute approximate surface area is 213 Å². The standard InChI is InChI=1S/C16H10N4O8S2.2ClH.Pt/c21-29(22,23)9-5-12(27-7-9)14-15(13-6-10(8-28-13)30(24,25)26)19-20-16(18-14)11-3-1-2-4-17-11;;;/h1-8H,(H,21,22,23)(H,24,25,26);2*1H;/q;;;+2/p-4. The van der Waals surface area contributed by atoms with Gasteiger partial charge in [-0.25, -0.2) is 21.8 Å². The fourth-order valence-electron chi connectivity index (χ4n) is 2.42. The molecule has 0 aromatic carbocycles. The summed E-state index contributed by atoms with van der Waals surface area (Å²) in [6, 6.07) is 6.76. The Balaban J connectivity index is 0.00000181. The van der Waals surface area contributed by atoms with Crippen LogP contribution in [0.5, 0.6) is 0 Å². The van der Waals surface area contributed by atoms with Crippen LogP contribution < -0.4 is 24.8 Å². The Bertz CT molecular complexity index is 1460. The number of pyridine rings is 1. The van der Waals surface area contributed by atoms with Gasteiger partial charge in [-0.05, 0) is 12.1 Å². The van der Waals surface area contributed by atoms with E-state index in [0.717, 1.165) is 18.4 Å². The fourth-order valence-corrected chi connectivity index (χ4v) is 3.25. The predicted molar refractivity (Wildman–Crippen MR) is 94.4 cm³/mol. The molecule has 33 heavy (non-hydrogen) atoms. The molecular formula is C16H8Cl2N4O8PtS2-2. The minimum atomic E-state index is -4.81. The molecule has 0 amide bonds. The number of aromatic nitrogens is 4. The van der Waals surface area contributed by atoms with Gasteiger partial charge in [0.25, 0.3) is 0 Å². The normalized spacial score (nSPS) is 11.1. The molecule has 0 saturated carbocycles. The van der Waals surface area contributed by atoms with Crippen molar-refractivity contribution < 1.29 is 80.7 Å². The van der Waals surface area contributed by atoms with E-state index in [2.05, 4.69) is 20.2 Å². The van der Waals surface area contributed by atoms with Crippen LogP contribution in [0.1, 0.15) is 0 Å². The smallest absolute Gasteiger partial charge is 1.00 e. The third kappa shape index (κ3) is 6.23. The number of nitrogens with zero attached hydrogens (tertiary/aromatic N) is 4. The Hall–Kier alpha value is -2.19. The van der Waals surface area contributed by atoms with E-state index < -0.39 is 30.0 Å². The molecule has 0 bridgehead atoms. The van der Waals surface area contributed by atoms with Crippen molar-refractivity contribution in [1.82, 2.24) is 20.2 Å². The number of rotatable bonds is 5. The summed E-state index contributed by atoms with van der Waals surface area (Å²) in [7, 11) is -9.61. The Morgan fingerprint density at radius 3 is 1.79 bits per heavy atom. The minimum absolute atomic E-state index is 0. The van der Waals surface area contributed by atoms with Gasteiger partial charge in [-0.2, -0.15) is 0 Å². The quantitative estimate of drug-likeness (QED) is 0.180. The van der Waals surface area contributed by atoms with Crippen LogP contribution in [-0.4, -0.2) is 46.1 Å². The first-order valence-corrected chi connectivity index (χ1v) is 10.7. The van der Waals surface area contributed by atoms with Crippen molar-refractivity contribution in [2.45, 2.75) is 9.79 Å². The Kier molecular flexibility index (Phi) is 9.46. The fraction of sp³-hybridized carbons (Fsp3) is 0. The summed E-state index contributed by atoms with van der Waals surface area (Å²) in [5, 5.41) is 7.84. The second-order valence-corrected chi connectivity index (χ2v) is 8.51. The van der Waals surface area contributed by atoms with Crippen LogP contribution in [0.4, 0.5) is 0 Å². The van der Waals surface area contributed by atoms with Crippen molar-refractivity contribution in [3.63, 3.8) is 0 Å². The molecule has 0 spiro atoms. The van der Waals surface area contributed by atoms with Crippen molar-refractivity contribution in [3.05, 3.63) is 49.1 Å². The van der Waals surface area contributed by atoms with Crippen molar-refractivity contribution >= 4 is 20.2 Å². The zero-order valence-corrected chi connectivity index (χ0v) is 21.0. The molecule has 0 aliphatic carbocycles. The van der Waals surface area contributed by atoms with Gasteiger partial charge in [0.15, 0.2) is 17.2 Å².